The number of aromatic nitrogens is 2. The van der Waals surface area contributed by atoms with Crippen LogP contribution in [0.3, 0.4) is 0 Å². The van der Waals surface area contributed by atoms with Gasteiger partial charge in [-0.15, -0.1) is 0 Å². The zero-order valence-corrected chi connectivity index (χ0v) is 20.2. The number of amides is 1. The van der Waals surface area contributed by atoms with Crippen LogP contribution in [-0.2, 0) is 10.2 Å². The van der Waals surface area contributed by atoms with Crippen LogP contribution in [0.1, 0.15) is 48.3 Å². The first-order valence-corrected chi connectivity index (χ1v) is 12.5. The van der Waals surface area contributed by atoms with E-state index in [2.05, 4.69) is 14.6 Å². The molecule has 0 bridgehead atoms. The zero-order chi connectivity index (χ0) is 24.5. The number of carbonyl (C=O) groups excluding carboxylic acids is 1. The first-order valence-electron chi connectivity index (χ1n) is 11.1. The van der Waals surface area contributed by atoms with E-state index in [4.69, 9.17) is 4.74 Å². The summed E-state index contributed by atoms with van der Waals surface area (Å²) < 4.78 is 49.1. The number of carbonyl (C=O) groups is 1. The molecule has 11 heteroatoms. The minimum absolute atomic E-state index is 0.101. The quantitative estimate of drug-likeness (QED) is 0.522. The topological polar surface area (TPSA) is 96.2 Å². The highest BCUT2D eigenvalue weighted by molar-refractivity contribution is 7.87. The molecule has 0 aliphatic carbocycles. The summed E-state index contributed by atoms with van der Waals surface area (Å²) >= 11 is 0. The van der Waals surface area contributed by atoms with Crippen LogP contribution in [0.4, 0.5) is 10.1 Å². The number of pyridine rings is 1. The zero-order valence-electron chi connectivity index (χ0n) is 19.4. The van der Waals surface area contributed by atoms with Crippen molar-refractivity contribution in [2.75, 3.05) is 32.1 Å². The second-order valence-corrected chi connectivity index (χ2v) is 10.0. The van der Waals surface area contributed by atoms with Gasteiger partial charge < -0.3 is 9.64 Å². The number of hydrogen-bond acceptors (Lipinski definition) is 6. The Morgan fingerprint density at radius 3 is 2.85 bits per heavy atom. The number of methoxy groups -OCH3 is 1. The summed E-state index contributed by atoms with van der Waals surface area (Å²) in [6, 6.07) is 8.04. The van der Waals surface area contributed by atoms with Crippen molar-refractivity contribution in [1.29, 1.82) is 0 Å². The molecule has 1 aliphatic heterocycles. The van der Waals surface area contributed by atoms with Gasteiger partial charge in [0.1, 0.15) is 22.9 Å². The monoisotopic (exact) mass is 489 g/mol. The highest BCUT2D eigenvalue weighted by atomic mass is 32.2. The van der Waals surface area contributed by atoms with E-state index in [-0.39, 0.29) is 17.6 Å². The third-order valence-electron chi connectivity index (χ3n) is 6.03. The normalized spacial score (nSPS) is 16.4. The first-order chi connectivity index (χ1) is 16.2. The predicted octanol–water partition coefficient (Wildman–Crippen LogP) is 3.14. The SMILES string of the molecule is CCCN(C)S(=O)(=O)NC(=O)c1cnc2ccc(N3CCCC3c3cc(F)ccc3OC)cn12. The number of halogens is 1. The molecule has 1 unspecified atom stereocenters. The van der Waals surface area contributed by atoms with Gasteiger partial charge in [0.2, 0.25) is 0 Å². The van der Waals surface area contributed by atoms with Crippen LogP contribution in [0.25, 0.3) is 5.65 Å². The maximum absolute atomic E-state index is 14.0. The van der Waals surface area contributed by atoms with E-state index in [1.54, 1.807) is 29.8 Å². The second kappa shape index (κ2) is 9.59. The first kappa shape index (κ1) is 24.0. The molecule has 1 aromatic carbocycles. The van der Waals surface area contributed by atoms with Gasteiger partial charge in [0.05, 0.1) is 25.0 Å². The number of ether oxygens (including phenoxy) is 1. The Morgan fingerprint density at radius 2 is 2.12 bits per heavy atom. The van der Waals surface area contributed by atoms with E-state index >= 15 is 0 Å². The van der Waals surface area contributed by atoms with Crippen molar-refractivity contribution in [2.24, 2.45) is 0 Å². The molecule has 1 atom stereocenters. The summed E-state index contributed by atoms with van der Waals surface area (Å²) in [7, 11) is -0.989. The molecule has 0 saturated carbocycles. The molecule has 9 nitrogen and oxygen atoms in total. The Morgan fingerprint density at radius 1 is 1.32 bits per heavy atom. The van der Waals surface area contributed by atoms with Gasteiger partial charge in [0.15, 0.2) is 0 Å². The van der Waals surface area contributed by atoms with Gasteiger partial charge in [-0.05, 0) is 49.6 Å². The van der Waals surface area contributed by atoms with Crippen molar-refractivity contribution in [3.63, 3.8) is 0 Å². The molecule has 182 valence electrons. The Bertz CT molecular complexity index is 1310. The molecular weight excluding hydrogens is 461 g/mol. The van der Waals surface area contributed by atoms with E-state index in [1.807, 2.05) is 13.0 Å². The minimum Gasteiger partial charge on any atom is -0.496 e. The largest absolute Gasteiger partial charge is 0.496 e. The lowest BCUT2D eigenvalue weighted by Crippen LogP contribution is -2.42. The number of benzene rings is 1. The molecule has 2 aromatic heterocycles. The van der Waals surface area contributed by atoms with Crippen molar-refractivity contribution in [2.45, 2.75) is 32.2 Å². The minimum atomic E-state index is -3.97. The molecule has 1 N–H and O–H groups in total. The molecule has 1 amide bonds. The summed E-state index contributed by atoms with van der Waals surface area (Å²) in [5.74, 6) is -0.484. The number of hydrogen-bond donors (Lipinski definition) is 1. The van der Waals surface area contributed by atoms with Gasteiger partial charge >= 0.3 is 10.2 Å². The van der Waals surface area contributed by atoms with Crippen LogP contribution in [0.15, 0.2) is 42.7 Å². The molecule has 1 saturated heterocycles. The Labute approximate surface area is 198 Å². The Kier molecular flexibility index (Phi) is 6.76. The van der Waals surface area contributed by atoms with Gasteiger partial charge in [-0.3, -0.25) is 9.20 Å². The molecule has 1 aliphatic rings. The summed E-state index contributed by atoms with van der Waals surface area (Å²) in [5, 5.41) is 0. The number of imidazole rings is 1. The number of rotatable bonds is 8. The van der Waals surface area contributed by atoms with Crippen LogP contribution >= 0.6 is 0 Å². The van der Waals surface area contributed by atoms with Gasteiger partial charge in [-0.25, -0.2) is 14.1 Å². The highest BCUT2D eigenvalue weighted by Gasteiger charge is 2.30. The van der Waals surface area contributed by atoms with E-state index in [1.165, 1.54) is 25.4 Å². The van der Waals surface area contributed by atoms with Crippen LogP contribution in [0.5, 0.6) is 5.75 Å². The Balaban J connectivity index is 1.66. The van der Waals surface area contributed by atoms with Gasteiger partial charge in [-0.1, -0.05) is 6.92 Å². The molecular formula is C23H28FN5O4S. The van der Waals surface area contributed by atoms with Crippen molar-refractivity contribution in [1.82, 2.24) is 18.4 Å². The number of nitrogens with one attached hydrogen (secondary N) is 1. The van der Waals surface area contributed by atoms with Gasteiger partial charge in [0, 0.05) is 31.9 Å². The summed E-state index contributed by atoms with van der Waals surface area (Å²) in [6.45, 7) is 2.88. The lowest BCUT2D eigenvalue weighted by atomic mass is 10.0. The third-order valence-corrected chi connectivity index (χ3v) is 7.47. The lowest BCUT2D eigenvalue weighted by Gasteiger charge is -2.28. The van der Waals surface area contributed by atoms with Crippen LogP contribution < -0.4 is 14.4 Å². The molecule has 0 spiro atoms. The number of nitrogens with zero attached hydrogens (tertiary/aromatic N) is 4. The summed E-state index contributed by atoms with van der Waals surface area (Å²) in [5.41, 5.74) is 2.17. The van der Waals surface area contributed by atoms with Crippen molar-refractivity contribution < 1.29 is 22.3 Å². The smallest absolute Gasteiger partial charge is 0.303 e. The molecule has 1 fully saturated rings. The lowest BCUT2D eigenvalue weighted by molar-refractivity contribution is 0.0973. The van der Waals surface area contributed by atoms with E-state index in [0.29, 0.717) is 24.4 Å². The average molecular weight is 490 g/mol. The predicted molar refractivity (Wildman–Crippen MR) is 127 cm³/mol. The molecule has 0 radical (unpaired) electrons. The van der Waals surface area contributed by atoms with Crippen LogP contribution in [0.2, 0.25) is 0 Å². The molecule has 3 heterocycles. The average Bonchev–Trinajstić information content (AvgIpc) is 3.45. The third kappa shape index (κ3) is 4.58. The fourth-order valence-electron chi connectivity index (χ4n) is 4.35. The maximum Gasteiger partial charge on any atom is 0.303 e. The maximum atomic E-state index is 14.0. The van der Waals surface area contributed by atoms with Crippen LogP contribution in [-0.4, -0.2) is 55.3 Å². The van der Waals surface area contributed by atoms with Crippen molar-refractivity contribution >= 4 is 27.5 Å². The van der Waals surface area contributed by atoms with Crippen molar-refractivity contribution in [3.05, 3.63) is 59.8 Å². The second-order valence-electron chi connectivity index (χ2n) is 8.25. The molecule has 3 aromatic rings. The number of fused-ring (bicyclic) bond motifs is 1. The summed E-state index contributed by atoms with van der Waals surface area (Å²) in [6.07, 6.45) is 5.45. The van der Waals surface area contributed by atoms with E-state index in [9.17, 15) is 17.6 Å². The van der Waals surface area contributed by atoms with Gasteiger partial charge in [0.25, 0.3) is 5.91 Å². The van der Waals surface area contributed by atoms with Crippen molar-refractivity contribution in [3.8, 4) is 5.75 Å². The molecule has 4 rings (SSSR count). The van der Waals surface area contributed by atoms with E-state index in [0.717, 1.165) is 34.9 Å². The summed E-state index contributed by atoms with van der Waals surface area (Å²) in [4.78, 5) is 19.2. The standard InChI is InChI=1S/C23H28FN5O4S/c1-4-11-27(2)34(31,32)26-23(30)20-14-25-22-10-8-17(15-29(20)22)28-12-5-6-19(28)18-13-16(24)7-9-21(18)33-3/h7-10,13-15,19H,4-6,11-12H2,1-3H3,(H,26,30). The highest BCUT2D eigenvalue weighted by Crippen LogP contribution is 2.40. The van der Waals surface area contributed by atoms with Crippen LogP contribution in [0, 0.1) is 5.82 Å². The Hall–Kier alpha value is -3.18. The fraction of sp³-hybridized carbons (Fsp3) is 0.391. The van der Waals surface area contributed by atoms with Gasteiger partial charge in [-0.2, -0.15) is 12.7 Å². The fourth-order valence-corrected chi connectivity index (χ4v) is 5.27. The van der Waals surface area contributed by atoms with E-state index < -0.39 is 16.1 Å². The molecule has 34 heavy (non-hydrogen) atoms. The number of anilines is 1.